The van der Waals surface area contributed by atoms with Gasteiger partial charge in [-0.05, 0) is 139 Å². The largest absolute Gasteiger partial charge is 0.446 e. The first kappa shape index (κ1) is 46.2. The highest BCUT2D eigenvalue weighted by Crippen LogP contribution is 2.51. The third-order valence-corrected chi connectivity index (χ3v) is 18.0. The molecule has 8 heterocycles. The van der Waals surface area contributed by atoms with E-state index < -0.39 is 0 Å². The first-order valence-corrected chi connectivity index (χ1v) is 28.9. The highest BCUT2D eigenvalue weighted by molar-refractivity contribution is 7.18. The van der Waals surface area contributed by atoms with E-state index in [2.05, 4.69) is 178 Å². The van der Waals surface area contributed by atoms with E-state index in [-0.39, 0.29) is 0 Å². The van der Waals surface area contributed by atoms with Gasteiger partial charge in [0.05, 0.1) is 23.5 Å². The normalized spacial score (nSPS) is 11.8. The van der Waals surface area contributed by atoms with E-state index >= 15 is 0 Å². The number of rotatable bonds is 13. The van der Waals surface area contributed by atoms with Gasteiger partial charge in [0, 0.05) is 77.7 Å². The van der Waals surface area contributed by atoms with Crippen LogP contribution >= 0.6 is 68.8 Å². The number of benzene rings is 6. The minimum atomic E-state index is 0.699. The first-order chi connectivity index (χ1) is 37.6. The van der Waals surface area contributed by atoms with Crippen molar-refractivity contribution in [3.05, 3.63) is 216 Å². The summed E-state index contributed by atoms with van der Waals surface area (Å²) in [5.74, 6) is 1.40. The van der Waals surface area contributed by atoms with E-state index in [1.54, 1.807) is 45.3 Å². The van der Waals surface area contributed by atoms with Crippen LogP contribution in [0.4, 0.5) is 0 Å². The van der Waals surface area contributed by atoms with Crippen LogP contribution in [0, 0.1) is 0 Å². The molecule has 0 saturated heterocycles. The molecule has 0 bridgehead atoms. The van der Waals surface area contributed by atoms with Gasteiger partial charge in [0.15, 0.2) is 10.1 Å². The number of thiophene rings is 4. The van der Waals surface area contributed by atoms with E-state index in [0.717, 1.165) is 119 Å². The minimum absolute atomic E-state index is 0.699. The van der Waals surface area contributed by atoms with Crippen LogP contribution in [0.25, 0.3) is 121 Å². The average molecular weight is 1090 g/mol. The molecule has 0 spiro atoms. The smallest absolute Gasteiger partial charge is 0.181 e. The molecule has 76 heavy (non-hydrogen) atoms. The Morgan fingerprint density at radius 2 is 0.763 bits per heavy atom. The number of hydrogen-bond donors (Lipinski definition) is 0. The van der Waals surface area contributed by atoms with E-state index in [9.17, 15) is 0 Å². The molecule has 0 atom stereocenters. The fourth-order valence-corrected chi connectivity index (χ4v) is 14.0. The molecule has 0 aliphatic heterocycles. The zero-order valence-corrected chi connectivity index (χ0v) is 44.6. The van der Waals surface area contributed by atoms with E-state index in [1.807, 2.05) is 49.1 Å². The summed E-state index contributed by atoms with van der Waals surface area (Å²) in [6.45, 7) is 0. The third-order valence-electron chi connectivity index (χ3n) is 13.1. The van der Waals surface area contributed by atoms with Gasteiger partial charge in [-0.25, -0.2) is 0 Å². The van der Waals surface area contributed by atoms with Crippen LogP contribution in [0.5, 0.6) is 21.6 Å². The molecule has 14 aromatic rings. The topological polar surface area (TPSA) is 95.8 Å². The lowest BCUT2D eigenvalue weighted by Crippen LogP contribution is -1.94. The molecule has 0 aliphatic carbocycles. The van der Waals surface area contributed by atoms with Crippen LogP contribution in [0.3, 0.4) is 0 Å². The van der Waals surface area contributed by atoms with Gasteiger partial charge in [-0.15, -0.1) is 22.7 Å². The van der Waals surface area contributed by atoms with Gasteiger partial charge in [0.1, 0.15) is 33.6 Å². The maximum Gasteiger partial charge on any atom is 0.181 e. The lowest BCUT2D eigenvalue weighted by atomic mass is 9.91. The molecule has 8 nitrogen and oxygen atoms in total. The summed E-state index contributed by atoms with van der Waals surface area (Å²) in [7, 11) is 0. The Morgan fingerprint density at radius 3 is 1.17 bits per heavy atom. The van der Waals surface area contributed by atoms with Crippen molar-refractivity contribution in [2.24, 2.45) is 0 Å². The van der Waals surface area contributed by atoms with Crippen molar-refractivity contribution in [1.82, 2.24) is 27.5 Å². The van der Waals surface area contributed by atoms with Gasteiger partial charge in [0.2, 0.25) is 0 Å². The van der Waals surface area contributed by atoms with Crippen molar-refractivity contribution in [3.63, 3.8) is 0 Å². The van der Waals surface area contributed by atoms with Crippen molar-refractivity contribution >= 4 is 137 Å². The van der Waals surface area contributed by atoms with E-state index in [1.165, 1.54) is 33.2 Å². The Bertz CT molecular complexity index is 4190. The monoisotopic (exact) mass is 1090 g/mol. The maximum atomic E-state index is 7.17. The van der Waals surface area contributed by atoms with Crippen molar-refractivity contribution in [1.29, 1.82) is 0 Å². The summed E-state index contributed by atoms with van der Waals surface area (Å²) in [5, 5.41) is 9.82. The minimum Gasteiger partial charge on any atom is -0.446 e. The average Bonchev–Trinajstić information content (AvgIpc) is 4.34. The highest BCUT2D eigenvalue weighted by Gasteiger charge is 2.23. The number of hydrogen-bond acceptors (Lipinski definition) is 14. The first-order valence-electron chi connectivity index (χ1n) is 24.1. The molecule has 14 heteroatoms. The molecule has 0 aliphatic rings. The van der Waals surface area contributed by atoms with Crippen LogP contribution in [-0.4, -0.2) is 27.5 Å². The van der Waals surface area contributed by atoms with Crippen molar-refractivity contribution < 1.29 is 9.47 Å². The Labute approximate surface area is 460 Å². The lowest BCUT2D eigenvalue weighted by molar-refractivity contribution is 0.492. The number of fused-ring (bicyclic) bond motifs is 4. The molecule has 14 rings (SSSR count). The highest BCUT2D eigenvalue weighted by atomic mass is 32.1. The maximum absolute atomic E-state index is 7.17. The molecule has 6 aromatic carbocycles. The molecule has 0 N–H and O–H groups in total. The Kier molecular flexibility index (Phi) is 12.2. The molecule has 0 saturated carbocycles. The van der Waals surface area contributed by atoms with Gasteiger partial charge in [-0.3, -0.25) is 9.97 Å². The summed E-state index contributed by atoms with van der Waals surface area (Å²) in [4.78, 5) is 12.8. The van der Waals surface area contributed by atoms with Gasteiger partial charge < -0.3 is 9.47 Å². The Balaban J connectivity index is 0.908. The number of aromatic nitrogens is 6. The van der Waals surface area contributed by atoms with Crippen LogP contribution in [0.2, 0.25) is 0 Å². The van der Waals surface area contributed by atoms with Crippen LogP contribution in [-0.2, 0) is 0 Å². The van der Waals surface area contributed by atoms with Gasteiger partial charge in [-0.1, -0.05) is 120 Å². The van der Waals surface area contributed by atoms with Crippen molar-refractivity contribution in [3.8, 4) is 74.5 Å². The van der Waals surface area contributed by atoms with Crippen molar-refractivity contribution in [2.45, 2.75) is 0 Å². The summed E-state index contributed by atoms with van der Waals surface area (Å²) >= 11 is 9.07. The zero-order chi connectivity index (χ0) is 50.4. The summed E-state index contributed by atoms with van der Waals surface area (Å²) < 4.78 is 33.5. The zero-order valence-electron chi connectivity index (χ0n) is 39.7. The summed E-state index contributed by atoms with van der Waals surface area (Å²) in [6.07, 6.45) is 15.7. The molecule has 0 amide bonds. The Morgan fingerprint density at radius 1 is 0.355 bits per heavy atom. The molecule has 0 radical (unpaired) electrons. The molecular formula is C62H36N6O2S6. The third kappa shape index (κ3) is 8.90. The molecule has 0 fully saturated rings. The summed E-state index contributed by atoms with van der Waals surface area (Å²) in [6, 6.07) is 55.1. The van der Waals surface area contributed by atoms with Crippen LogP contribution in [0.1, 0.15) is 22.3 Å². The second-order valence-electron chi connectivity index (χ2n) is 17.7. The fraction of sp³-hybridized carbons (Fsp3) is 0. The Hall–Kier alpha value is -8.34. The number of pyridine rings is 2. The fourth-order valence-electron chi connectivity index (χ4n) is 9.53. The van der Waals surface area contributed by atoms with Gasteiger partial charge in [-0.2, -0.15) is 17.5 Å². The molecule has 362 valence electrons. The molecular weight excluding hydrogens is 1050 g/mol. The molecule has 8 aromatic heterocycles. The summed E-state index contributed by atoms with van der Waals surface area (Å²) in [5.41, 5.74) is 13.9. The van der Waals surface area contributed by atoms with E-state index in [4.69, 9.17) is 27.0 Å². The predicted octanol–water partition coefficient (Wildman–Crippen LogP) is 19.3. The second kappa shape index (κ2) is 20.1. The predicted molar refractivity (Wildman–Crippen MR) is 321 cm³/mol. The number of ether oxygens (including phenoxy) is 2. The lowest BCUT2D eigenvalue weighted by Gasteiger charge is -2.19. The molecule has 0 unspecified atom stereocenters. The van der Waals surface area contributed by atoms with E-state index in [0.29, 0.717) is 11.5 Å². The van der Waals surface area contributed by atoms with Crippen molar-refractivity contribution in [2.75, 3.05) is 0 Å². The second-order valence-corrected chi connectivity index (χ2v) is 22.8. The van der Waals surface area contributed by atoms with Gasteiger partial charge in [0.25, 0.3) is 0 Å². The quantitative estimate of drug-likeness (QED) is 0.113. The van der Waals surface area contributed by atoms with Crippen LogP contribution < -0.4 is 9.47 Å². The van der Waals surface area contributed by atoms with Gasteiger partial charge >= 0.3 is 0 Å². The number of nitrogens with zero attached hydrogens (tertiary/aromatic N) is 6. The van der Waals surface area contributed by atoms with Crippen LogP contribution in [0.15, 0.2) is 193 Å². The SMILES string of the molecule is C(=C/c1ccc2c(-c3c(Oc4ccc(-c5ccc(-c6cccs6)c6nsnc56)s4)ccc4cc(/C=C/c5ccncc5)ccc34)c(Oc3ccc(-c4ccc(-c5cccs5)c5nsnc45)s3)ccc2c1)/c1ccncc1. The standard InChI is InChI=1S/C62H36N6O2S6/c1-3-51(71-33-1)45-15-17-47(61-59(45)65-75-67-61)53-21-23-55(73-53)69-49-19-11-41-35-39(7-5-37-25-29-63-30-26-37)9-13-43(41)57(49)58-44-14-10-40(8-6-38-27-31-64-32-28-38)36-42(44)12-20-50(58)70-56-24-22-54(74-56)48-18-16-46(52-4-2-34-72-52)60-62(48)68-76-66-60/h1-36H/b7-5-,8-6+.